The first-order chi connectivity index (χ1) is 15.9. The normalized spacial score (nSPS) is 11.7. The van der Waals surface area contributed by atoms with Gasteiger partial charge in [0.15, 0.2) is 17.5 Å². The highest BCUT2D eigenvalue weighted by molar-refractivity contribution is 5.63. The van der Waals surface area contributed by atoms with Crippen LogP contribution < -0.4 is 11.1 Å². The van der Waals surface area contributed by atoms with E-state index in [0.29, 0.717) is 29.2 Å². The number of rotatable bonds is 9. The number of hydrogen-bond donors (Lipinski definition) is 2. The zero-order valence-corrected chi connectivity index (χ0v) is 18.4. The Hall–Kier alpha value is -3.66. The topological polar surface area (TPSA) is 108 Å². The average Bonchev–Trinajstić information content (AvgIpc) is 3.50. The van der Waals surface area contributed by atoms with E-state index >= 15 is 0 Å². The maximum Gasteiger partial charge on any atom is 0.183 e. The van der Waals surface area contributed by atoms with Crippen molar-refractivity contribution in [1.29, 1.82) is 0 Å². The fraction of sp³-hybridized carbons (Fsp3) is 0.304. The molecular formula is C23H25F2N7O. The molecule has 4 rings (SSSR count). The number of anilines is 1. The average molecular weight is 453 g/mol. The van der Waals surface area contributed by atoms with Crippen molar-refractivity contribution in [2.45, 2.75) is 38.8 Å². The summed E-state index contributed by atoms with van der Waals surface area (Å²) >= 11 is 0. The zero-order valence-electron chi connectivity index (χ0n) is 18.4. The van der Waals surface area contributed by atoms with Gasteiger partial charge in [0.1, 0.15) is 23.5 Å². The minimum atomic E-state index is -0.587. The van der Waals surface area contributed by atoms with Gasteiger partial charge in [-0.1, -0.05) is 37.2 Å². The van der Waals surface area contributed by atoms with Crippen molar-refractivity contribution in [2.24, 2.45) is 5.73 Å². The summed E-state index contributed by atoms with van der Waals surface area (Å²) < 4.78 is 35.2. The van der Waals surface area contributed by atoms with Gasteiger partial charge in [-0.2, -0.15) is 5.10 Å². The Morgan fingerprint density at radius 3 is 2.58 bits per heavy atom. The number of hydrogen-bond acceptors (Lipinski definition) is 7. The van der Waals surface area contributed by atoms with Crippen LogP contribution in [0.3, 0.4) is 0 Å². The molecule has 0 atom stereocenters. The third kappa shape index (κ3) is 4.90. The van der Waals surface area contributed by atoms with Gasteiger partial charge in [-0.15, -0.1) is 0 Å². The molecule has 0 fully saturated rings. The van der Waals surface area contributed by atoms with E-state index in [0.717, 1.165) is 19.0 Å². The standard InChI is InChI=1S/C23H25F2N7O/c1-3-23(26,4-2)14-28-21-17(25)12-27-22(29-21)19-11-20(18-9-10-33-31-18)32(30-19)13-15-7-5-6-8-16(15)24/h5-12H,3-4,13-14,26H2,1-2H3,(H,27,28,29). The number of nitrogens with two attached hydrogens (primary N) is 1. The van der Waals surface area contributed by atoms with Gasteiger partial charge < -0.3 is 15.6 Å². The molecule has 0 aliphatic carbocycles. The largest absolute Gasteiger partial charge is 0.366 e. The van der Waals surface area contributed by atoms with Gasteiger partial charge >= 0.3 is 0 Å². The van der Waals surface area contributed by atoms with E-state index in [-0.39, 0.29) is 24.0 Å². The summed E-state index contributed by atoms with van der Waals surface area (Å²) in [6.07, 6.45) is 3.99. The van der Waals surface area contributed by atoms with Crippen molar-refractivity contribution in [3.05, 3.63) is 66.1 Å². The van der Waals surface area contributed by atoms with Crippen molar-refractivity contribution in [3.63, 3.8) is 0 Å². The minimum absolute atomic E-state index is 0.0448. The van der Waals surface area contributed by atoms with Gasteiger partial charge in [0.2, 0.25) is 0 Å². The zero-order chi connectivity index (χ0) is 23.4. The molecule has 172 valence electrons. The van der Waals surface area contributed by atoms with Crippen molar-refractivity contribution in [2.75, 3.05) is 11.9 Å². The molecule has 3 aromatic heterocycles. The van der Waals surface area contributed by atoms with Crippen LogP contribution in [-0.2, 0) is 6.54 Å². The quantitative estimate of drug-likeness (QED) is 0.390. The molecule has 4 aromatic rings. The monoisotopic (exact) mass is 453 g/mol. The van der Waals surface area contributed by atoms with Gasteiger partial charge in [0, 0.05) is 23.7 Å². The summed E-state index contributed by atoms with van der Waals surface area (Å²) in [6.45, 7) is 4.49. The predicted molar refractivity (Wildman–Crippen MR) is 120 cm³/mol. The smallest absolute Gasteiger partial charge is 0.183 e. The van der Waals surface area contributed by atoms with Crippen LogP contribution >= 0.6 is 0 Å². The first kappa shape index (κ1) is 22.5. The molecule has 10 heteroatoms. The molecule has 1 aromatic carbocycles. The summed E-state index contributed by atoms with van der Waals surface area (Å²) in [5.41, 5.74) is 7.79. The third-order valence-corrected chi connectivity index (χ3v) is 5.75. The Balaban J connectivity index is 1.68. The molecule has 0 saturated carbocycles. The molecule has 3 heterocycles. The molecule has 3 N–H and O–H groups in total. The highest BCUT2D eigenvalue weighted by Crippen LogP contribution is 2.26. The fourth-order valence-electron chi connectivity index (χ4n) is 3.36. The molecule has 33 heavy (non-hydrogen) atoms. The minimum Gasteiger partial charge on any atom is -0.366 e. The van der Waals surface area contributed by atoms with E-state index in [1.165, 1.54) is 12.3 Å². The molecule has 0 saturated heterocycles. The molecule has 0 aliphatic heterocycles. The highest BCUT2D eigenvalue weighted by Gasteiger charge is 2.22. The Kier molecular flexibility index (Phi) is 6.45. The van der Waals surface area contributed by atoms with Gasteiger partial charge in [-0.05, 0) is 25.0 Å². The van der Waals surface area contributed by atoms with Crippen molar-refractivity contribution < 1.29 is 13.3 Å². The number of nitrogens with one attached hydrogen (secondary N) is 1. The molecule has 0 spiro atoms. The van der Waals surface area contributed by atoms with E-state index < -0.39 is 11.4 Å². The molecule has 0 amide bonds. The maximum atomic E-state index is 14.4. The van der Waals surface area contributed by atoms with Gasteiger partial charge in [0.05, 0.1) is 18.4 Å². The van der Waals surface area contributed by atoms with E-state index in [1.807, 2.05) is 13.8 Å². The number of benzene rings is 1. The highest BCUT2D eigenvalue weighted by atomic mass is 19.1. The summed E-state index contributed by atoms with van der Waals surface area (Å²) in [6, 6.07) is 9.83. The Morgan fingerprint density at radius 1 is 1.09 bits per heavy atom. The lowest BCUT2D eigenvalue weighted by Gasteiger charge is -2.27. The lowest BCUT2D eigenvalue weighted by Crippen LogP contribution is -2.45. The molecule has 0 bridgehead atoms. The van der Waals surface area contributed by atoms with E-state index in [1.54, 1.807) is 35.0 Å². The summed E-state index contributed by atoms with van der Waals surface area (Å²) in [5, 5.41) is 11.5. The molecule has 8 nitrogen and oxygen atoms in total. The Morgan fingerprint density at radius 2 is 1.88 bits per heavy atom. The van der Waals surface area contributed by atoms with Crippen LogP contribution in [0.4, 0.5) is 14.6 Å². The fourth-order valence-corrected chi connectivity index (χ4v) is 3.36. The van der Waals surface area contributed by atoms with Crippen molar-refractivity contribution >= 4 is 5.82 Å². The van der Waals surface area contributed by atoms with Crippen molar-refractivity contribution in [3.8, 4) is 22.9 Å². The second kappa shape index (κ2) is 9.45. The van der Waals surface area contributed by atoms with E-state index in [9.17, 15) is 8.78 Å². The summed E-state index contributed by atoms with van der Waals surface area (Å²) in [5.74, 6) is -0.673. The molecule has 0 unspecified atom stereocenters. The van der Waals surface area contributed by atoms with Gasteiger partial charge in [-0.3, -0.25) is 4.68 Å². The van der Waals surface area contributed by atoms with Crippen LogP contribution in [0.25, 0.3) is 22.9 Å². The number of aromatic nitrogens is 5. The van der Waals surface area contributed by atoms with Crippen LogP contribution in [0.1, 0.15) is 32.3 Å². The van der Waals surface area contributed by atoms with Crippen LogP contribution in [0.5, 0.6) is 0 Å². The third-order valence-electron chi connectivity index (χ3n) is 5.75. The Bertz CT molecular complexity index is 1220. The molecule has 0 radical (unpaired) electrons. The summed E-state index contributed by atoms with van der Waals surface area (Å²) in [7, 11) is 0. The van der Waals surface area contributed by atoms with E-state index in [2.05, 4.69) is 25.5 Å². The number of halogens is 2. The second-order valence-electron chi connectivity index (χ2n) is 7.86. The summed E-state index contributed by atoms with van der Waals surface area (Å²) in [4.78, 5) is 8.43. The van der Waals surface area contributed by atoms with Crippen LogP contribution in [0.15, 0.2) is 53.4 Å². The lowest BCUT2D eigenvalue weighted by molar-refractivity contribution is 0.417. The first-order valence-corrected chi connectivity index (χ1v) is 10.7. The van der Waals surface area contributed by atoms with E-state index in [4.69, 9.17) is 10.3 Å². The van der Waals surface area contributed by atoms with Crippen molar-refractivity contribution in [1.82, 2.24) is 24.9 Å². The van der Waals surface area contributed by atoms with Crippen LogP contribution in [0, 0.1) is 11.6 Å². The van der Waals surface area contributed by atoms with Crippen LogP contribution in [0.2, 0.25) is 0 Å². The molecule has 0 aliphatic rings. The number of nitrogens with zero attached hydrogens (tertiary/aromatic N) is 5. The Labute approximate surface area is 189 Å². The van der Waals surface area contributed by atoms with Gasteiger partial charge in [-0.25, -0.2) is 18.7 Å². The second-order valence-corrected chi connectivity index (χ2v) is 7.86. The predicted octanol–water partition coefficient (Wildman–Crippen LogP) is 4.25. The lowest BCUT2D eigenvalue weighted by atomic mass is 9.94. The SMILES string of the molecule is CCC(N)(CC)CNc1nc(-c2cc(-c3ccon3)n(Cc3ccccc3F)n2)ncc1F. The first-order valence-electron chi connectivity index (χ1n) is 10.7. The maximum absolute atomic E-state index is 14.4. The molecular weight excluding hydrogens is 428 g/mol. The van der Waals surface area contributed by atoms with Gasteiger partial charge in [0.25, 0.3) is 0 Å². The van der Waals surface area contributed by atoms with Crippen LogP contribution in [-0.4, -0.2) is 37.0 Å².